The van der Waals surface area contributed by atoms with Gasteiger partial charge in [0.25, 0.3) is 0 Å². The Morgan fingerprint density at radius 3 is 2.46 bits per heavy atom. The summed E-state index contributed by atoms with van der Waals surface area (Å²) in [7, 11) is -3.75. The van der Waals surface area contributed by atoms with Crippen LogP contribution >= 0.6 is 0 Å². The van der Waals surface area contributed by atoms with Gasteiger partial charge in [-0.3, -0.25) is 0 Å². The molecule has 0 fully saturated rings. The Kier molecular flexibility index (Phi) is 5.43. The van der Waals surface area contributed by atoms with E-state index < -0.39 is 9.84 Å². The van der Waals surface area contributed by atoms with Gasteiger partial charge in [0.1, 0.15) is 0 Å². The maximum absolute atomic E-state index is 12.8. The van der Waals surface area contributed by atoms with Crippen molar-refractivity contribution in [2.75, 3.05) is 13.1 Å². The van der Waals surface area contributed by atoms with Crippen LogP contribution in [0, 0.1) is 0 Å². The molecule has 0 unspecified atom stereocenters. The first-order chi connectivity index (χ1) is 11.3. The van der Waals surface area contributed by atoms with Gasteiger partial charge >= 0.3 is 6.03 Å². The Labute approximate surface area is 143 Å². The smallest absolute Gasteiger partial charge is 0.323 e. The molecule has 0 N–H and O–H groups in total. The number of amides is 1. The van der Waals surface area contributed by atoms with Crippen LogP contribution < -0.4 is 0 Å². The van der Waals surface area contributed by atoms with Crippen molar-refractivity contribution in [3.63, 3.8) is 0 Å². The SMILES string of the molecule is CCN(CC)C(=O)n1ccc(S(=O)(=O)c2cccc(C(C)C)c2)n1. The van der Waals surface area contributed by atoms with E-state index >= 15 is 0 Å². The second kappa shape index (κ2) is 7.17. The Balaban J connectivity index is 2.38. The quantitative estimate of drug-likeness (QED) is 0.831. The van der Waals surface area contributed by atoms with Crippen molar-refractivity contribution in [2.24, 2.45) is 0 Å². The van der Waals surface area contributed by atoms with Crippen molar-refractivity contribution in [3.05, 3.63) is 42.1 Å². The van der Waals surface area contributed by atoms with Crippen LogP contribution in [-0.2, 0) is 9.84 Å². The zero-order chi connectivity index (χ0) is 17.9. The molecule has 2 rings (SSSR count). The number of carbonyl (C=O) groups excluding carboxylic acids is 1. The first-order valence-electron chi connectivity index (χ1n) is 8.01. The normalized spacial score (nSPS) is 11.7. The van der Waals surface area contributed by atoms with Crippen LogP contribution in [0.5, 0.6) is 0 Å². The molecule has 0 aliphatic rings. The fraction of sp³-hybridized carbons (Fsp3) is 0.412. The van der Waals surface area contributed by atoms with E-state index in [1.165, 1.54) is 12.3 Å². The van der Waals surface area contributed by atoms with Crippen molar-refractivity contribution in [1.29, 1.82) is 0 Å². The summed E-state index contributed by atoms with van der Waals surface area (Å²) < 4.78 is 26.6. The zero-order valence-corrected chi connectivity index (χ0v) is 15.2. The molecule has 1 aromatic carbocycles. The summed E-state index contributed by atoms with van der Waals surface area (Å²) in [6.45, 7) is 8.80. The van der Waals surface area contributed by atoms with E-state index in [0.717, 1.165) is 10.2 Å². The highest BCUT2D eigenvalue weighted by atomic mass is 32.2. The minimum Gasteiger partial charge on any atom is -0.323 e. The highest BCUT2D eigenvalue weighted by Crippen LogP contribution is 2.23. The Hall–Kier alpha value is -2.15. The average molecular weight is 349 g/mol. The molecule has 2 aromatic rings. The first-order valence-corrected chi connectivity index (χ1v) is 9.49. The third-order valence-corrected chi connectivity index (χ3v) is 5.55. The lowest BCUT2D eigenvalue weighted by atomic mass is 10.0. The summed E-state index contributed by atoms with van der Waals surface area (Å²) in [5.74, 6) is 0.224. The van der Waals surface area contributed by atoms with E-state index in [0.29, 0.717) is 13.1 Å². The maximum atomic E-state index is 12.8. The van der Waals surface area contributed by atoms with Gasteiger partial charge in [0, 0.05) is 19.3 Å². The van der Waals surface area contributed by atoms with E-state index in [1.807, 2.05) is 33.8 Å². The van der Waals surface area contributed by atoms with Crippen LogP contribution in [0.25, 0.3) is 0 Å². The fourth-order valence-corrected chi connectivity index (χ4v) is 3.58. The third-order valence-electron chi connectivity index (χ3n) is 3.90. The predicted octanol–water partition coefficient (Wildman–Crippen LogP) is 3.15. The van der Waals surface area contributed by atoms with Gasteiger partial charge < -0.3 is 4.90 Å². The van der Waals surface area contributed by atoms with Crippen molar-refractivity contribution < 1.29 is 13.2 Å². The maximum Gasteiger partial charge on any atom is 0.344 e. The van der Waals surface area contributed by atoms with Gasteiger partial charge in [-0.2, -0.15) is 9.78 Å². The topological polar surface area (TPSA) is 72.3 Å². The Morgan fingerprint density at radius 1 is 1.21 bits per heavy atom. The number of sulfone groups is 1. The van der Waals surface area contributed by atoms with E-state index in [4.69, 9.17) is 0 Å². The van der Waals surface area contributed by atoms with Crippen LogP contribution in [0.1, 0.15) is 39.2 Å². The summed E-state index contributed by atoms with van der Waals surface area (Å²) in [6, 6.07) is 7.85. The molecule has 0 atom stereocenters. The summed E-state index contributed by atoms with van der Waals surface area (Å²) in [5, 5.41) is 3.87. The number of nitrogens with zero attached hydrogens (tertiary/aromatic N) is 3. The molecule has 0 saturated heterocycles. The fourth-order valence-electron chi connectivity index (χ4n) is 2.36. The largest absolute Gasteiger partial charge is 0.344 e. The molecule has 1 amide bonds. The van der Waals surface area contributed by atoms with Crippen LogP contribution in [0.2, 0.25) is 0 Å². The van der Waals surface area contributed by atoms with Crippen LogP contribution in [0.3, 0.4) is 0 Å². The highest BCUT2D eigenvalue weighted by Gasteiger charge is 2.23. The summed E-state index contributed by atoms with van der Waals surface area (Å²) in [4.78, 5) is 14.0. The van der Waals surface area contributed by atoms with Crippen LogP contribution in [0.4, 0.5) is 4.79 Å². The molecule has 130 valence electrons. The van der Waals surface area contributed by atoms with E-state index in [2.05, 4.69) is 5.10 Å². The Bertz CT molecular complexity index is 821. The van der Waals surface area contributed by atoms with Gasteiger partial charge in [-0.1, -0.05) is 26.0 Å². The molecule has 1 aromatic heterocycles. The molecule has 24 heavy (non-hydrogen) atoms. The van der Waals surface area contributed by atoms with Crippen LogP contribution in [0.15, 0.2) is 46.5 Å². The van der Waals surface area contributed by atoms with Crippen molar-refractivity contribution in [1.82, 2.24) is 14.7 Å². The molecular weight excluding hydrogens is 326 g/mol. The lowest BCUT2D eigenvalue weighted by molar-refractivity contribution is 0.201. The highest BCUT2D eigenvalue weighted by molar-refractivity contribution is 7.91. The predicted molar refractivity (Wildman–Crippen MR) is 91.9 cm³/mol. The van der Waals surface area contributed by atoms with E-state index in [1.54, 1.807) is 23.1 Å². The van der Waals surface area contributed by atoms with Gasteiger partial charge in [-0.15, -0.1) is 0 Å². The molecule has 1 heterocycles. The third kappa shape index (κ3) is 3.51. The zero-order valence-electron chi connectivity index (χ0n) is 14.4. The van der Waals surface area contributed by atoms with Crippen molar-refractivity contribution >= 4 is 15.9 Å². The lowest BCUT2D eigenvalue weighted by Crippen LogP contribution is -2.34. The van der Waals surface area contributed by atoms with E-state index in [9.17, 15) is 13.2 Å². The molecule has 0 radical (unpaired) electrons. The molecule has 0 spiro atoms. The number of carbonyl (C=O) groups is 1. The minimum atomic E-state index is -3.75. The second-order valence-electron chi connectivity index (χ2n) is 5.78. The van der Waals surface area contributed by atoms with Gasteiger partial charge in [0.05, 0.1) is 4.90 Å². The standard InChI is InChI=1S/C17H23N3O3S/c1-5-19(6-2)17(21)20-11-10-16(18-20)24(22,23)15-9-7-8-14(12-15)13(3)4/h7-13H,5-6H2,1-4H3. The number of aromatic nitrogens is 2. The minimum absolute atomic E-state index is 0.121. The molecule has 0 bridgehead atoms. The number of hydrogen-bond acceptors (Lipinski definition) is 4. The molecule has 0 saturated carbocycles. The molecular formula is C17H23N3O3S. The van der Waals surface area contributed by atoms with Crippen LogP contribution in [-0.4, -0.2) is 42.2 Å². The second-order valence-corrected chi connectivity index (χ2v) is 7.68. The summed E-state index contributed by atoms with van der Waals surface area (Å²) in [6.07, 6.45) is 1.39. The summed E-state index contributed by atoms with van der Waals surface area (Å²) in [5.41, 5.74) is 0.940. The monoisotopic (exact) mass is 349 g/mol. The summed E-state index contributed by atoms with van der Waals surface area (Å²) >= 11 is 0. The van der Waals surface area contributed by atoms with Crippen molar-refractivity contribution in [2.45, 2.75) is 43.5 Å². The number of rotatable bonds is 5. The van der Waals surface area contributed by atoms with E-state index in [-0.39, 0.29) is 21.9 Å². The average Bonchev–Trinajstić information content (AvgIpc) is 3.06. The first kappa shape index (κ1) is 18.2. The number of benzene rings is 1. The van der Waals surface area contributed by atoms with Gasteiger partial charge in [0.2, 0.25) is 9.84 Å². The molecule has 7 heteroatoms. The van der Waals surface area contributed by atoms with Gasteiger partial charge in [0.15, 0.2) is 5.03 Å². The molecule has 6 nitrogen and oxygen atoms in total. The lowest BCUT2D eigenvalue weighted by Gasteiger charge is -2.17. The molecule has 0 aliphatic carbocycles. The molecule has 0 aliphatic heterocycles. The van der Waals surface area contributed by atoms with Crippen molar-refractivity contribution in [3.8, 4) is 0 Å². The number of hydrogen-bond donors (Lipinski definition) is 0. The van der Waals surface area contributed by atoms with Gasteiger partial charge in [-0.25, -0.2) is 13.2 Å². The Morgan fingerprint density at radius 2 is 1.88 bits per heavy atom. The van der Waals surface area contributed by atoms with Gasteiger partial charge in [-0.05, 0) is 43.5 Å².